The number of rotatable bonds is 1. The number of hydrogen-bond donors (Lipinski definition) is 1. The van der Waals surface area contributed by atoms with Gasteiger partial charge in [0.2, 0.25) is 0 Å². The molecule has 0 radical (unpaired) electrons. The number of pyridine rings is 1. The summed E-state index contributed by atoms with van der Waals surface area (Å²) >= 11 is 0. The first-order chi connectivity index (χ1) is 9.67. The van der Waals surface area contributed by atoms with Crippen molar-refractivity contribution in [2.75, 3.05) is 0 Å². The van der Waals surface area contributed by atoms with Gasteiger partial charge in [-0.05, 0) is 37.8 Å². The maximum Gasteiger partial charge on any atom is 0.136 e. The van der Waals surface area contributed by atoms with Crippen LogP contribution < -0.4 is 0 Å². The zero-order chi connectivity index (χ0) is 13.7. The first-order valence-corrected chi connectivity index (χ1v) is 8.49. The smallest absolute Gasteiger partial charge is 0.136 e. The fourth-order valence-electron chi connectivity index (χ4n) is 3.82. The van der Waals surface area contributed by atoms with Crippen molar-refractivity contribution in [3.8, 4) is 0 Å². The van der Waals surface area contributed by atoms with E-state index in [1.807, 2.05) is 28.8 Å². The molecule has 2 aliphatic rings. The molecule has 2 saturated heterocycles. The van der Waals surface area contributed by atoms with E-state index in [0.29, 0.717) is 12.8 Å². The van der Waals surface area contributed by atoms with Gasteiger partial charge in [0.1, 0.15) is 11.2 Å². The highest BCUT2D eigenvalue weighted by molar-refractivity contribution is 7.86. The molecule has 2 aromatic rings. The van der Waals surface area contributed by atoms with Crippen LogP contribution in [0.25, 0.3) is 5.65 Å². The highest BCUT2D eigenvalue weighted by atomic mass is 32.2. The molecule has 0 aromatic carbocycles. The van der Waals surface area contributed by atoms with Crippen molar-refractivity contribution in [1.82, 2.24) is 9.38 Å². The summed E-state index contributed by atoms with van der Waals surface area (Å²) in [5, 5.41) is 11.5. The Labute approximate surface area is 120 Å². The van der Waals surface area contributed by atoms with Crippen LogP contribution in [0.2, 0.25) is 0 Å². The second-order valence-electron chi connectivity index (χ2n) is 6.01. The minimum atomic E-state index is -0.871. The van der Waals surface area contributed by atoms with Gasteiger partial charge in [-0.2, -0.15) is 0 Å². The lowest BCUT2D eigenvalue weighted by molar-refractivity contribution is 0.00146. The Balaban J connectivity index is 1.81. The van der Waals surface area contributed by atoms with Crippen molar-refractivity contribution < 1.29 is 9.32 Å². The number of fused-ring (bicyclic) bond motifs is 3. The maximum atomic E-state index is 12.3. The minimum Gasteiger partial charge on any atom is -0.384 e. The molecule has 5 heteroatoms. The lowest BCUT2D eigenvalue weighted by atomic mass is 9.83. The summed E-state index contributed by atoms with van der Waals surface area (Å²) in [6.45, 7) is 0. The molecule has 2 aromatic heterocycles. The van der Waals surface area contributed by atoms with Crippen LogP contribution in [0, 0.1) is 0 Å². The van der Waals surface area contributed by atoms with Crippen LogP contribution >= 0.6 is 0 Å². The van der Waals surface area contributed by atoms with Gasteiger partial charge >= 0.3 is 0 Å². The van der Waals surface area contributed by atoms with Gasteiger partial charge in [-0.1, -0.05) is 12.5 Å². The van der Waals surface area contributed by atoms with Gasteiger partial charge < -0.3 is 9.51 Å². The number of nitrogens with zero attached hydrogens (tertiary/aromatic N) is 2. The van der Waals surface area contributed by atoms with E-state index in [9.17, 15) is 9.32 Å². The fraction of sp³-hybridized carbons (Fsp3) is 0.533. The summed E-state index contributed by atoms with van der Waals surface area (Å²) in [5.74, 6) is 0. The molecule has 2 aliphatic heterocycles. The largest absolute Gasteiger partial charge is 0.384 e. The van der Waals surface area contributed by atoms with E-state index in [1.54, 1.807) is 6.20 Å². The molecule has 106 valence electrons. The summed E-state index contributed by atoms with van der Waals surface area (Å²) in [7, 11) is -0.765. The Morgan fingerprint density at radius 2 is 2.05 bits per heavy atom. The summed E-state index contributed by atoms with van der Waals surface area (Å²) in [6, 6.07) is 5.85. The number of hydrogen-bond acceptors (Lipinski definition) is 3. The SMILES string of the molecule is O=S1C2CCCC1CC(O)(c1cccc3nccn13)C2. The average molecular weight is 290 g/mol. The summed E-state index contributed by atoms with van der Waals surface area (Å²) in [5.41, 5.74) is 0.873. The van der Waals surface area contributed by atoms with Gasteiger partial charge in [-0.3, -0.25) is 4.21 Å². The molecular weight excluding hydrogens is 272 g/mol. The first-order valence-electron chi connectivity index (χ1n) is 7.22. The Kier molecular flexibility index (Phi) is 2.76. The van der Waals surface area contributed by atoms with Crippen LogP contribution in [0.15, 0.2) is 30.6 Å². The highest BCUT2D eigenvalue weighted by Gasteiger charge is 2.47. The molecule has 2 atom stereocenters. The molecule has 2 unspecified atom stereocenters. The van der Waals surface area contributed by atoms with Gasteiger partial charge in [0.15, 0.2) is 0 Å². The van der Waals surface area contributed by atoms with Crippen molar-refractivity contribution in [2.24, 2.45) is 0 Å². The third-order valence-electron chi connectivity index (χ3n) is 4.75. The Hall–Kier alpha value is -1.20. The predicted octanol–water partition coefficient (Wildman–Crippen LogP) is 1.99. The minimum absolute atomic E-state index is 0.145. The second kappa shape index (κ2) is 4.40. The van der Waals surface area contributed by atoms with Gasteiger partial charge in [0.05, 0.1) is 5.69 Å². The van der Waals surface area contributed by atoms with Gasteiger partial charge in [-0.25, -0.2) is 4.98 Å². The maximum absolute atomic E-state index is 12.3. The fourth-order valence-corrected chi connectivity index (χ4v) is 6.04. The predicted molar refractivity (Wildman–Crippen MR) is 77.9 cm³/mol. The molecule has 2 bridgehead atoms. The molecule has 0 aliphatic carbocycles. The normalized spacial score (nSPS) is 37.1. The second-order valence-corrected chi connectivity index (χ2v) is 8.00. The third kappa shape index (κ3) is 1.76. The van der Waals surface area contributed by atoms with Crippen molar-refractivity contribution >= 4 is 16.4 Å². The van der Waals surface area contributed by atoms with Crippen molar-refractivity contribution in [3.63, 3.8) is 0 Å². The van der Waals surface area contributed by atoms with E-state index in [-0.39, 0.29) is 10.5 Å². The number of aromatic nitrogens is 2. The van der Waals surface area contributed by atoms with Crippen LogP contribution in [0.5, 0.6) is 0 Å². The number of imidazole rings is 1. The van der Waals surface area contributed by atoms with Crippen LogP contribution in [0.3, 0.4) is 0 Å². The van der Waals surface area contributed by atoms with Gasteiger partial charge in [0, 0.05) is 33.7 Å². The van der Waals surface area contributed by atoms with E-state index < -0.39 is 16.4 Å². The lowest BCUT2D eigenvalue weighted by Gasteiger charge is -2.43. The molecule has 0 amide bonds. The topological polar surface area (TPSA) is 54.6 Å². The molecule has 20 heavy (non-hydrogen) atoms. The van der Waals surface area contributed by atoms with Crippen molar-refractivity contribution in [1.29, 1.82) is 0 Å². The summed E-state index contributed by atoms with van der Waals surface area (Å²) in [6.07, 6.45) is 7.96. The average Bonchev–Trinajstić information content (AvgIpc) is 2.89. The zero-order valence-corrected chi connectivity index (χ0v) is 12.1. The molecule has 4 heterocycles. The standard InChI is InChI=1S/C15H18N2O2S/c18-15(9-11-3-1-4-12(10-15)20(11)19)13-5-2-6-14-16-7-8-17(13)14/h2,5-8,11-12,18H,1,3-4,9-10H2. The molecule has 0 saturated carbocycles. The van der Waals surface area contributed by atoms with E-state index >= 15 is 0 Å². The Bertz CT molecular complexity index is 665. The highest BCUT2D eigenvalue weighted by Crippen LogP contribution is 2.44. The Morgan fingerprint density at radius 1 is 1.30 bits per heavy atom. The summed E-state index contributed by atoms with van der Waals surface area (Å²) in [4.78, 5) is 4.28. The molecule has 4 nitrogen and oxygen atoms in total. The molecule has 1 N–H and O–H groups in total. The van der Waals surface area contributed by atoms with E-state index in [1.165, 1.54) is 0 Å². The van der Waals surface area contributed by atoms with Crippen LogP contribution in [0.4, 0.5) is 0 Å². The van der Waals surface area contributed by atoms with E-state index in [0.717, 1.165) is 30.6 Å². The van der Waals surface area contributed by atoms with E-state index in [4.69, 9.17) is 0 Å². The number of aliphatic hydroxyl groups is 1. The van der Waals surface area contributed by atoms with Crippen molar-refractivity contribution in [2.45, 2.75) is 48.2 Å². The van der Waals surface area contributed by atoms with Crippen LogP contribution in [-0.4, -0.2) is 29.2 Å². The molecule has 2 fully saturated rings. The van der Waals surface area contributed by atoms with Crippen LogP contribution in [0.1, 0.15) is 37.8 Å². The first kappa shape index (κ1) is 12.5. The lowest BCUT2D eigenvalue weighted by Crippen LogP contribution is -2.48. The molecule has 4 rings (SSSR count). The third-order valence-corrected chi connectivity index (χ3v) is 6.86. The Morgan fingerprint density at radius 3 is 2.80 bits per heavy atom. The quantitative estimate of drug-likeness (QED) is 0.874. The van der Waals surface area contributed by atoms with E-state index in [2.05, 4.69) is 4.98 Å². The van der Waals surface area contributed by atoms with Gasteiger partial charge in [-0.15, -0.1) is 0 Å². The van der Waals surface area contributed by atoms with Crippen LogP contribution in [-0.2, 0) is 16.4 Å². The van der Waals surface area contributed by atoms with Crippen molar-refractivity contribution in [3.05, 3.63) is 36.3 Å². The molecular formula is C15H18N2O2S. The van der Waals surface area contributed by atoms with Gasteiger partial charge in [0.25, 0.3) is 0 Å². The monoisotopic (exact) mass is 290 g/mol. The summed E-state index contributed by atoms with van der Waals surface area (Å²) < 4.78 is 14.3. The zero-order valence-electron chi connectivity index (χ0n) is 11.2. The molecule has 0 spiro atoms.